The van der Waals surface area contributed by atoms with Crippen LogP contribution in [0.15, 0.2) is 36.4 Å². The zero-order chi connectivity index (χ0) is 13.6. The van der Waals surface area contributed by atoms with Crippen LogP contribution in [-0.4, -0.2) is 10.2 Å². The summed E-state index contributed by atoms with van der Waals surface area (Å²) in [4.78, 5) is 0. The molecule has 2 nitrogen and oxygen atoms in total. The van der Waals surface area contributed by atoms with Crippen LogP contribution in [0.3, 0.4) is 0 Å². The molecule has 0 unspecified atom stereocenters. The predicted molar refractivity (Wildman–Crippen MR) is 76.2 cm³/mol. The van der Waals surface area contributed by atoms with Crippen molar-refractivity contribution in [3.05, 3.63) is 57.6 Å². The first-order valence-corrected chi connectivity index (χ1v) is 6.76. The SMILES string of the molecule is Oc1ccc(C2(c3ccc(O)c(Cl)c3)CC2)cc1Cl. The molecule has 19 heavy (non-hydrogen) atoms. The Balaban J connectivity index is 2.07. The Kier molecular flexibility index (Phi) is 2.88. The molecule has 0 aromatic heterocycles. The van der Waals surface area contributed by atoms with E-state index in [1.165, 1.54) is 0 Å². The molecule has 2 N–H and O–H groups in total. The van der Waals surface area contributed by atoms with Gasteiger partial charge in [0.1, 0.15) is 11.5 Å². The molecular formula is C15H12Cl2O2. The highest BCUT2D eigenvalue weighted by Crippen LogP contribution is 2.55. The van der Waals surface area contributed by atoms with Gasteiger partial charge in [-0.2, -0.15) is 0 Å². The molecule has 0 heterocycles. The predicted octanol–water partition coefficient (Wildman–Crippen LogP) is 4.48. The largest absolute Gasteiger partial charge is 0.506 e. The molecule has 1 aliphatic carbocycles. The Labute approximate surface area is 121 Å². The van der Waals surface area contributed by atoms with E-state index in [1.54, 1.807) is 24.3 Å². The second kappa shape index (κ2) is 4.32. The Hall–Kier alpha value is -1.38. The standard InChI is InChI=1S/C15H12Cl2O2/c16-11-7-9(1-3-13(11)18)15(5-6-15)10-2-4-14(19)12(17)8-10/h1-4,7-8,18-19H,5-6H2. The normalized spacial score (nSPS) is 16.3. The van der Waals surface area contributed by atoms with Gasteiger partial charge in [0.15, 0.2) is 0 Å². The van der Waals surface area contributed by atoms with Crippen molar-refractivity contribution >= 4 is 23.2 Å². The maximum absolute atomic E-state index is 9.49. The fourth-order valence-electron chi connectivity index (χ4n) is 2.48. The maximum Gasteiger partial charge on any atom is 0.134 e. The van der Waals surface area contributed by atoms with Gasteiger partial charge >= 0.3 is 0 Å². The third-order valence-corrected chi connectivity index (χ3v) is 4.36. The van der Waals surface area contributed by atoms with Gasteiger partial charge in [-0.05, 0) is 48.2 Å². The van der Waals surface area contributed by atoms with E-state index in [9.17, 15) is 10.2 Å². The summed E-state index contributed by atoms with van der Waals surface area (Å²) in [6, 6.07) is 10.6. The molecule has 2 aromatic carbocycles. The van der Waals surface area contributed by atoms with Gasteiger partial charge < -0.3 is 10.2 Å². The molecule has 0 amide bonds. The number of halogens is 2. The van der Waals surface area contributed by atoms with Crippen LogP contribution in [-0.2, 0) is 5.41 Å². The Bertz CT molecular complexity index is 595. The minimum absolute atomic E-state index is 0.0879. The summed E-state index contributed by atoms with van der Waals surface area (Å²) in [5, 5.41) is 19.7. The molecule has 3 rings (SSSR count). The lowest BCUT2D eigenvalue weighted by atomic mass is 9.88. The van der Waals surface area contributed by atoms with Crippen molar-refractivity contribution in [1.29, 1.82) is 0 Å². The zero-order valence-corrected chi connectivity index (χ0v) is 11.5. The molecule has 1 saturated carbocycles. The summed E-state index contributed by atoms with van der Waals surface area (Å²) in [6.07, 6.45) is 2.02. The third kappa shape index (κ3) is 2.05. The highest BCUT2D eigenvalue weighted by molar-refractivity contribution is 6.32. The number of rotatable bonds is 2. The highest BCUT2D eigenvalue weighted by Gasteiger charge is 2.46. The number of hydrogen-bond donors (Lipinski definition) is 2. The van der Waals surface area contributed by atoms with Crippen molar-refractivity contribution in [3.8, 4) is 11.5 Å². The molecule has 98 valence electrons. The second-order valence-corrected chi connectivity index (χ2v) is 5.73. The van der Waals surface area contributed by atoms with Gasteiger partial charge in [0.25, 0.3) is 0 Å². The molecule has 4 heteroatoms. The summed E-state index contributed by atoms with van der Waals surface area (Å²) < 4.78 is 0. The number of phenolic OH excluding ortho intramolecular Hbond substituents is 2. The monoisotopic (exact) mass is 294 g/mol. The van der Waals surface area contributed by atoms with Crippen molar-refractivity contribution < 1.29 is 10.2 Å². The van der Waals surface area contributed by atoms with E-state index in [-0.39, 0.29) is 16.9 Å². The van der Waals surface area contributed by atoms with Crippen molar-refractivity contribution in [2.45, 2.75) is 18.3 Å². The molecular weight excluding hydrogens is 283 g/mol. The minimum atomic E-state index is -0.0886. The van der Waals surface area contributed by atoms with E-state index in [4.69, 9.17) is 23.2 Å². The molecule has 0 bridgehead atoms. The van der Waals surface area contributed by atoms with E-state index in [1.807, 2.05) is 12.1 Å². The quantitative estimate of drug-likeness (QED) is 0.857. The summed E-state index contributed by atoms with van der Waals surface area (Å²) in [6.45, 7) is 0. The third-order valence-electron chi connectivity index (χ3n) is 3.75. The lowest BCUT2D eigenvalue weighted by molar-refractivity contribution is 0.475. The highest BCUT2D eigenvalue weighted by atomic mass is 35.5. The van der Waals surface area contributed by atoms with Gasteiger partial charge in [-0.25, -0.2) is 0 Å². The summed E-state index contributed by atoms with van der Waals surface area (Å²) >= 11 is 12.0. The van der Waals surface area contributed by atoms with Crippen molar-refractivity contribution in [2.75, 3.05) is 0 Å². The molecule has 1 fully saturated rings. The van der Waals surface area contributed by atoms with Crippen LogP contribution >= 0.6 is 23.2 Å². The van der Waals surface area contributed by atoms with Gasteiger partial charge in [-0.15, -0.1) is 0 Å². The van der Waals surface area contributed by atoms with Crippen LogP contribution < -0.4 is 0 Å². The van der Waals surface area contributed by atoms with Crippen LogP contribution in [0.5, 0.6) is 11.5 Å². The molecule has 0 radical (unpaired) electrons. The maximum atomic E-state index is 9.49. The van der Waals surface area contributed by atoms with Gasteiger partial charge in [-0.3, -0.25) is 0 Å². The molecule has 0 aliphatic heterocycles. The van der Waals surface area contributed by atoms with Crippen LogP contribution in [0.4, 0.5) is 0 Å². The van der Waals surface area contributed by atoms with E-state index >= 15 is 0 Å². The lowest BCUT2D eigenvalue weighted by Gasteiger charge is -2.17. The van der Waals surface area contributed by atoms with Crippen LogP contribution in [0.2, 0.25) is 10.0 Å². The van der Waals surface area contributed by atoms with Gasteiger partial charge in [0.05, 0.1) is 10.0 Å². The Morgan fingerprint density at radius 2 is 1.21 bits per heavy atom. The zero-order valence-electron chi connectivity index (χ0n) is 10.0. The van der Waals surface area contributed by atoms with Gasteiger partial charge in [-0.1, -0.05) is 35.3 Å². The smallest absolute Gasteiger partial charge is 0.134 e. The lowest BCUT2D eigenvalue weighted by Crippen LogP contribution is -2.08. The second-order valence-electron chi connectivity index (χ2n) is 4.91. The van der Waals surface area contributed by atoms with E-state index in [0.29, 0.717) is 10.0 Å². The average Bonchev–Trinajstić information content (AvgIpc) is 3.17. The van der Waals surface area contributed by atoms with Crippen molar-refractivity contribution in [2.24, 2.45) is 0 Å². The summed E-state index contributed by atoms with van der Waals surface area (Å²) in [5.41, 5.74) is 2.04. The molecule has 0 saturated heterocycles. The van der Waals surface area contributed by atoms with Crippen LogP contribution in [0.25, 0.3) is 0 Å². The summed E-state index contributed by atoms with van der Waals surface area (Å²) in [7, 11) is 0. The van der Waals surface area contributed by atoms with E-state index < -0.39 is 0 Å². The topological polar surface area (TPSA) is 40.5 Å². The van der Waals surface area contributed by atoms with Crippen LogP contribution in [0.1, 0.15) is 24.0 Å². The van der Waals surface area contributed by atoms with E-state index in [2.05, 4.69) is 0 Å². The summed E-state index contributed by atoms with van der Waals surface area (Å²) in [5.74, 6) is 0.176. The fourth-order valence-corrected chi connectivity index (χ4v) is 2.84. The molecule has 0 spiro atoms. The van der Waals surface area contributed by atoms with Crippen molar-refractivity contribution in [1.82, 2.24) is 0 Å². The number of hydrogen-bond acceptors (Lipinski definition) is 2. The number of phenols is 2. The molecule has 0 atom stereocenters. The first kappa shape index (κ1) is 12.6. The molecule has 1 aliphatic rings. The molecule has 2 aromatic rings. The Morgan fingerprint density at radius 3 is 1.53 bits per heavy atom. The van der Waals surface area contributed by atoms with E-state index in [0.717, 1.165) is 24.0 Å². The Morgan fingerprint density at radius 1 is 0.789 bits per heavy atom. The van der Waals surface area contributed by atoms with Crippen molar-refractivity contribution in [3.63, 3.8) is 0 Å². The first-order valence-electron chi connectivity index (χ1n) is 6.01. The first-order chi connectivity index (χ1) is 9.03. The average molecular weight is 295 g/mol. The minimum Gasteiger partial charge on any atom is -0.506 e. The number of benzene rings is 2. The van der Waals surface area contributed by atoms with Gasteiger partial charge in [0.2, 0.25) is 0 Å². The number of aromatic hydroxyl groups is 2. The van der Waals surface area contributed by atoms with Crippen LogP contribution in [0, 0.1) is 0 Å². The van der Waals surface area contributed by atoms with Gasteiger partial charge in [0, 0.05) is 5.41 Å². The fraction of sp³-hybridized carbons (Fsp3) is 0.200.